The second kappa shape index (κ2) is 9.33. The van der Waals surface area contributed by atoms with Crippen molar-refractivity contribution < 1.29 is 40.3 Å². The molecule has 0 unspecified atom stereocenters. The van der Waals surface area contributed by atoms with Crippen LogP contribution in [0, 0.1) is 0 Å². The summed E-state index contributed by atoms with van der Waals surface area (Å²) < 4.78 is 107. The van der Waals surface area contributed by atoms with E-state index in [1.54, 1.807) is 23.5 Å². The Balaban J connectivity index is 1.31. The molecule has 2 aromatic carbocycles. The quantitative estimate of drug-likeness (QED) is 0.661. The number of rotatable bonds is 6. The lowest BCUT2D eigenvalue weighted by Crippen LogP contribution is -2.52. The fourth-order valence-corrected chi connectivity index (χ4v) is 3.67. The van der Waals surface area contributed by atoms with Crippen molar-refractivity contribution in [2.45, 2.75) is 38.5 Å². The number of ether oxygens (including phenoxy) is 2. The molecule has 1 atom stereocenters. The molecule has 2 fully saturated rings. The van der Waals surface area contributed by atoms with Crippen molar-refractivity contribution in [1.29, 1.82) is 0 Å². The third-order valence-electron chi connectivity index (χ3n) is 5.29. The molecule has 0 spiro atoms. The number of hydrogen-bond donors (Lipinski definition) is 1. The molecule has 33 heavy (non-hydrogen) atoms. The molecule has 0 bridgehead atoms. The number of carbonyl (C=O) groups is 3. The minimum atomic E-state index is -3.16. The number of nitrogens with one attached hydrogen (secondary N) is 1. The van der Waals surface area contributed by atoms with Crippen LogP contribution in [0.2, 0.25) is 0 Å². The van der Waals surface area contributed by atoms with Gasteiger partial charge >= 0.3 is 0 Å². The van der Waals surface area contributed by atoms with E-state index in [1.807, 2.05) is 0 Å². The molecule has 0 radical (unpaired) electrons. The molecular weight excluding hydrogens is 422 g/mol. The van der Waals surface area contributed by atoms with Crippen LogP contribution in [0.4, 0.5) is 0 Å². The molecule has 3 aliphatic heterocycles. The lowest BCUT2D eigenvalue weighted by atomic mass is 10.0. The van der Waals surface area contributed by atoms with Gasteiger partial charge in [0.05, 0.1) is 25.1 Å². The molecule has 0 saturated carbocycles. The second-order valence-corrected chi connectivity index (χ2v) is 7.43. The van der Waals surface area contributed by atoms with Crippen LogP contribution in [-0.4, -0.2) is 59.7 Å². The maximum atomic E-state index is 13.2. The van der Waals surface area contributed by atoms with Crippen LogP contribution in [0.3, 0.4) is 0 Å². The van der Waals surface area contributed by atoms with Gasteiger partial charge < -0.3 is 14.4 Å². The molecule has 0 aliphatic carbocycles. The lowest BCUT2D eigenvalue weighted by molar-refractivity contribution is -0.136. The number of nitrogens with zero attached hydrogens (tertiary/aromatic N) is 2. The van der Waals surface area contributed by atoms with E-state index in [2.05, 4.69) is 4.74 Å². The lowest BCUT2D eigenvalue weighted by Gasteiger charge is -2.29. The maximum Gasteiger partial charge on any atom is 0.255 e. The Morgan fingerprint density at radius 2 is 1.82 bits per heavy atom. The van der Waals surface area contributed by atoms with Crippen LogP contribution in [0.5, 0.6) is 5.75 Å². The number of amides is 3. The molecule has 8 heteroatoms. The fraction of sp³-hybridized carbons (Fsp3) is 0.400. The van der Waals surface area contributed by atoms with Gasteiger partial charge in [-0.3, -0.25) is 24.6 Å². The number of benzene rings is 2. The van der Waals surface area contributed by atoms with E-state index in [9.17, 15) is 14.4 Å². The van der Waals surface area contributed by atoms with Gasteiger partial charge in [-0.25, -0.2) is 0 Å². The van der Waals surface area contributed by atoms with Gasteiger partial charge in [0, 0.05) is 48.0 Å². The van der Waals surface area contributed by atoms with Gasteiger partial charge in [0.1, 0.15) is 18.4 Å². The van der Waals surface area contributed by atoms with Crippen LogP contribution in [0.25, 0.3) is 0 Å². The summed E-state index contributed by atoms with van der Waals surface area (Å²) in [7, 11) is 0. The van der Waals surface area contributed by atoms with Crippen LogP contribution >= 0.6 is 0 Å². The Morgan fingerprint density at radius 1 is 1.06 bits per heavy atom. The Morgan fingerprint density at radius 3 is 2.61 bits per heavy atom. The van der Waals surface area contributed by atoms with E-state index in [0.29, 0.717) is 21.6 Å². The molecule has 3 heterocycles. The predicted molar refractivity (Wildman–Crippen MR) is 119 cm³/mol. The van der Waals surface area contributed by atoms with Gasteiger partial charge in [-0.05, 0) is 29.6 Å². The summed E-state index contributed by atoms with van der Waals surface area (Å²) in [6, 6.07) is 8.74. The Bertz CT molecular complexity index is 1540. The smallest absolute Gasteiger partial charge is 0.255 e. The summed E-state index contributed by atoms with van der Waals surface area (Å²) in [5.74, 6) is -3.10. The van der Waals surface area contributed by atoms with Crippen LogP contribution in [-0.2, 0) is 34.0 Å². The number of piperidine rings is 1. The molecule has 5 rings (SSSR count). The van der Waals surface area contributed by atoms with E-state index in [4.69, 9.17) is 21.2 Å². The average Bonchev–Trinajstić information content (AvgIpc) is 3.25. The Hall–Kier alpha value is -3.23. The number of hydrogen-bond acceptors (Lipinski definition) is 6. The fourth-order valence-electron chi connectivity index (χ4n) is 3.67. The third-order valence-corrected chi connectivity index (χ3v) is 5.29. The summed E-state index contributed by atoms with van der Waals surface area (Å²) in [4.78, 5) is 39.1. The molecular formula is C25H27N3O5. The van der Waals surface area contributed by atoms with Crippen LogP contribution < -0.4 is 10.1 Å². The molecule has 172 valence electrons. The van der Waals surface area contributed by atoms with Crippen molar-refractivity contribution >= 4 is 17.7 Å². The van der Waals surface area contributed by atoms with Crippen molar-refractivity contribution in [2.75, 3.05) is 26.1 Å². The van der Waals surface area contributed by atoms with Gasteiger partial charge in [0.15, 0.2) is 0 Å². The number of carbonyl (C=O) groups excluding carboxylic acids is 3. The first-order valence-corrected chi connectivity index (χ1v) is 10.0. The first-order valence-electron chi connectivity index (χ1n) is 16.0. The molecule has 8 nitrogen and oxygen atoms in total. The number of fused-ring (bicyclic) bond motifs is 1. The first-order chi connectivity index (χ1) is 20.6. The Kier molecular flexibility index (Phi) is 3.32. The van der Waals surface area contributed by atoms with Crippen molar-refractivity contribution in [3.05, 3.63) is 64.7 Å². The zero-order valence-electron chi connectivity index (χ0n) is 29.2. The van der Waals surface area contributed by atoms with Crippen LogP contribution in [0.15, 0.2) is 42.5 Å². The molecule has 0 aromatic heterocycles. The molecule has 2 saturated heterocycles. The van der Waals surface area contributed by atoms with Gasteiger partial charge in [0.2, 0.25) is 11.8 Å². The monoisotopic (exact) mass is 461 g/mol. The molecule has 3 amide bonds. The van der Waals surface area contributed by atoms with E-state index in [-0.39, 0.29) is 24.5 Å². The van der Waals surface area contributed by atoms with E-state index < -0.39 is 69.2 Å². The predicted octanol–water partition coefficient (Wildman–Crippen LogP) is 1.86. The second-order valence-electron chi connectivity index (χ2n) is 7.43. The highest BCUT2D eigenvalue weighted by atomic mass is 16.5. The highest BCUT2D eigenvalue weighted by molar-refractivity contribution is 6.05. The van der Waals surface area contributed by atoms with Gasteiger partial charge in [-0.15, -0.1) is 0 Å². The summed E-state index contributed by atoms with van der Waals surface area (Å²) in [6.07, 6.45) is -6.12. The molecule has 3 aliphatic rings. The zero-order chi connectivity index (χ0) is 33.5. The zero-order valence-corrected chi connectivity index (χ0v) is 17.2. The van der Waals surface area contributed by atoms with E-state index in [1.165, 1.54) is 24.3 Å². The summed E-state index contributed by atoms with van der Waals surface area (Å²) in [6.45, 7) is -13.2. The summed E-state index contributed by atoms with van der Waals surface area (Å²) in [5, 5.41) is 1.80. The standard InChI is InChI=1S/C25H27N3O5/c29-23-9-8-21(24(30)26-23)28-15-20-19(25(28)31)2-1-3-22(20)33-16-18-6-4-17(5-7-18)14-27-10-12-32-13-11-27/h1-7,21H,8-16H2,(H,26,29,30)/t21-/m0/s1/i8D2,9D2,10D2,11D2,12D2,13D2. The third kappa shape index (κ3) is 4.62. The Labute approximate surface area is 209 Å². The first kappa shape index (κ1) is 11.8. The van der Waals surface area contributed by atoms with Crippen molar-refractivity contribution in [3.8, 4) is 5.75 Å². The highest BCUT2D eigenvalue weighted by Gasteiger charge is 2.40. The molecule has 2 aromatic rings. The van der Waals surface area contributed by atoms with Crippen molar-refractivity contribution in [2.24, 2.45) is 0 Å². The SMILES string of the molecule is [2H]C1([2H])OC([2H])([2H])C([2H])([2H])N(Cc2ccc(COc3cccc4c3CN([C@@H]3C(=O)NC(=O)C([2H])([2H])C3([2H])[2H])C4=O)cc2)C1([2H])[2H]. The maximum absolute atomic E-state index is 13.2. The van der Waals surface area contributed by atoms with Crippen LogP contribution in [0.1, 0.15) is 56.2 Å². The van der Waals surface area contributed by atoms with E-state index >= 15 is 0 Å². The molecule has 1 N–H and O–H groups in total. The summed E-state index contributed by atoms with van der Waals surface area (Å²) >= 11 is 0. The largest absolute Gasteiger partial charge is 0.489 e. The van der Waals surface area contributed by atoms with Crippen molar-refractivity contribution in [1.82, 2.24) is 15.1 Å². The topological polar surface area (TPSA) is 88.2 Å². The van der Waals surface area contributed by atoms with Crippen molar-refractivity contribution in [3.63, 3.8) is 0 Å². The highest BCUT2D eigenvalue weighted by Crippen LogP contribution is 2.34. The van der Waals surface area contributed by atoms with Gasteiger partial charge in [-0.1, -0.05) is 30.3 Å². The minimum absolute atomic E-state index is 0.0585. The average molecular weight is 462 g/mol. The number of imide groups is 1. The van der Waals surface area contributed by atoms with Gasteiger partial charge in [-0.2, -0.15) is 0 Å². The summed E-state index contributed by atoms with van der Waals surface area (Å²) in [5.41, 5.74) is 1.34. The number of morpholine rings is 1. The van der Waals surface area contributed by atoms with E-state index in [0.717, 1.165) is 4.90 Å². The minimum Gasteiger partial charge on any atom is -0.489 e. The normalized spacial score (nSPS) is 35.7. The van der Waals surface area contributed by atoms with Gasteiger partial charge in [0.25, 0.3) is 5.91 Å².